The van der Waals surface area contributed by atoms with Gasteiger partial charge in [-0.1, -0.05) is 17.7 Å². The van der Waals surface area contributed by atoms with Crippen LogP contribution in [0.15, 0.2) is 18.2 Å². The summed E-state index contributed by atoms with van der Waals surface area (Å²) in [6.07, 6.45) is 5.15. The summed E-state index contributed by atoms with van der Waals surface area (Å²) in [6.45, 7) is 1.23. The van der Waals surface area contributed by atoms with E-state index in [0.717, 1.165) is 37.8 Å². The van der Waals surface area contributed by atoms with Crippen LogP contribution in [0.2, 0.25) is 5.02 Å². The van der Waals surface area contributed by atoms with Gasteiger partial charge in [0.25, 0.3) is 0 Å². The fraction of sp³-hybridized carbons (Fsp3) is 0.650. The zero-order valence-electron chi connectivity index (χ0n) is 15.0. The Kier molecular flexibility index (Phi) is 4.33. The van der Waals surface area contributed by atoms with E-state index in [-0.39, 0.29) is 16.9 Å². The molecule has 4 aliphatic rings. The number of Topliss-reactive ketones (excluding diaryl/α,β-unsaturated/α-hetero) is 1. The molecule has 0 radical (unpaired) electrons. The van der Waals surface area contributed by atoms with Crippen LogP contribution in [-0.4, -0.2) is 32.0 Å². The SMILES string of the molecule is CNCc1ccc(OCC23CC4CC(CC(NC)(C4)C2)C3=O)c(Cl)c1. The fourth-order valence-corrected chi connectivity index (χ4v) is 5.99. The standard InChI is InChI=1S/C20H27ClN2O2/c1-22-10-13-3-4-17(16(21)6-13)25-12-19-7-14-5-15(18(19)24)9-20(8-14,11-19)23-2/h3-4,6,14-15,22-23H,5,7-12H2,1-2H3. The number of ether oxygens (including phenoxy) is 1. The number of ketones is 1. The number of hydrogen-bond acceptors (Lipinski definition) is 4. The van der Waals surface area contributed by atoms with Crippen LogP contribution in [-0.2, 0) is 11.3 Å². The van der Waals surface area contributed by atoms with Crippen molar-refractivity contribution in [1.82, 2.24) is 10.6 Å². The summed E-state index contributed by atoms with van der Waals surface area (Å²) in [6, 6.07) is 5.88. The van der Waals surface area contributed by atoms with Crippen LogP contribution in [0.5, 0.6) is 5.75 Å². The van der Waals surface area contributed by atoms with E-state index < -0.39 is 0 Å². The van der Waals surface area contributed by atoms with Crippen molar-refractivity contribution in [3.8, 4) is 5.75 Å². The number of nitrogens with one attached hydrogen (secondary N) is 2. The monoisotopic (exact) mass is 362 g/mol. The van der Waals surface area contributed by atoms with Crippen LogP contribution in [0.1, 0.15) is 37.7 Å². The van der Waals surface area contributed by atoms with Crippen molar-refractivity contribution in [2.24, 2.45) is 17.3 Å². The van der Waals surface area contributed by atoms with Gasteiger partial charge in [-0.25, -0.2) is 0 Å². The summed E-state index contributed by atoms with van der Waals surface area (Å²) in [4.78, 5) is 13.1. The Balaban J connectivity index is 1.53. The number of benzene rings is 1. The van der Waals surface area contributed by atoms with Crippen LogP contribution in [0.3, 0.4) is 0 Å². The van der Waals surface area contributed by atoms with Crippen molar-refractivity contribution in [3.05, 3.63) is 28.8 Å². The van der Waals surface area contributed by atoms with Gasteiger partial charge in [0, 0.05) is 18.0 Å². The van der Waals surface area contributed by atoms with Crippen molar-refractivity contribution in [3.63, 3.8) is 0 Å². The predicted octanol–water partition coefficient (Wildman–Crippen LogP) is 3.18. The zero-order chi connectivity index (χ0) is 17.7. The van der Waals surface area contributed by atoms with Gasteiger partial charge in [-0.15, -0.1) is 0 Å². The van der Waals surface area contributed by atoms with Gasteiger partial charge >= 0.3 is 0 Å². The van der Waals surface area contributed by atoms with E-state index in [1.165, 1.54) is 6.42 Å². The van der Waals surface area contributed by atoms with Crippen molar-refractivity contribution in [2.75, 3.05) is 20.7 Å². The van der Waals surface area contributed by atoms with Gasteiger partial charge in [-0.3, -0.25) is 4.79 Å². The van der Waals surface area contributed by atoms with Crippen LogP contribution >= 0.6 is 11.6 Å². The molecule has 4 bridgehead atoms. The summed E-state index contributed by atoms with van der Waals surface area (Å²) in [5.41, 5.74) is 0.920. The lowest BCUT2D eigenvalue weighted by Gasteiger charge is -2.60. The molecule has 136 valence electrons. The largest absolute Gasteiger partial charge is 0.491 e. The minimum absolute atomic E-state index is 0.129. The third-order valence-corrected chi connectivity index (χ3v) is 6.89. The lowest BCUT2D eigenvalue weighted by molar-refractivity contribution is -0.160. The normalized spacial score (nSPS) is 36.0. The summed E-state index contributed by atoms with van der Waals surface area (Å²) < 4.78 is 6.11. The first kappa shape index (κ1) is 17.3. The maximum Gasteiger partial charge on any atom is 0.145 e. The average Bonchev–Trinajstić information content (AvgIpc) is 2.59. The predicted molar refractivity (Wildman–Crippen MR) is 99.0 cm³/mol. The van der Waals surface area contributed by atoms with Gasteiger partial charge < -0.3 is 15.4 Å². The average molecular weight is 363 g/mol. The highest BCUT2D eigenvalue weighted by molar-refractivity contribution is 6.32. The molecule has 0 saturated heterocycles. The molecule has 4 fully saturated rings. The van der Waals surface area contributed by atoms with Gasteiger partial charge in [0.2, 0.25) is 0 Å². The smallest absolute Gasteiger partial charge is 0.145 e. The molecule has 5 rings (SSSR count). The lowest BCUT2D eigenvalue weighted by atomic mass is 9.46. The molecule has 0 aliphatic heterocycles. The molecular formula is C20H27ClN2O2. The summed E-state index contributed by atoms with van der Waals surface area (Å²) in [5.74, 6) is 1.97. The Bertz CT molecular complexity index is 694. The molecule has 25 heavy (non-hydrogen) atoms. The molecule has 0 amide bonds. The Morgan fingerprint density at radius 1 is 1.28 bits per heavy atom. The molecule has 0 spiro atoms. The van der Waals surface area contributed by atoms with E-state index in [0.29, 0.717) is 29.1 Å². The van der Waals surface area contributed by atoms with Crippen molar-refractivity contribution < 1.29 is 9.53 Å². The third kappa shape index (κ3) is 2.88. The molecule has 0 heterocycles. The number of hydrogen-bond donors (Lipinski definition) is 2. The van der Waals surface area contributed by atoms with Gasteiger partial charge in [-0.05, 0) is 69.8 Å². The third-order valence-electron chi connectivity index (χ3n) is 6.60. The van der Waals surface area contributed by atoms with E-state index in [4.69, 9.17) is 16.3 Å². The number of carbonyl (C=O) groups is 1. The van der Waals surface area contributed by atoms with E-state index in [2.05, 4.69) is 10.6 Å². The number of halogens is 1. The van der Waals surface area contributed by atoms with Crippen LogP contribution in [0, 0.1) is 17.3 Å². The summed E-state index contributed by atoms with van der Waals surface area (Å²) in [5, 5.41) is 7.28. The second kappa shape index (κ2) is 6.26. The summed E-state index contributed by atoms with van der Waals surface area (Å²) >= 11 is 6.39. The molecule has 2 N–H and O–H groups in total. The molecule has 4 atom stereocenters. The van der Waals surface area contributed by atoms with E-state index in [1.807, 2.05) is 32.3 Å². The minimum Gasteiger partial charge on any atom is -0.491 e. The van der Waals surface area contributed by atoms with Gasteiger partial charge in [-0.2, -0.15) is 0 Å². The molecule has 1 aromatic rings. The highest BCUT2D eigenvalue weighted by Crippen LogP contribution is 2.59. The number of rotatable bonds is 6. The second-order valence-corrected chi connectivity index (χ2v) is 8.75. The molecule has 5 heteroatoms. The molecule has 4 nitrogen and oxygen atoms in total. The van der Waals surface area contributed by atoms with E-state index in [9.17, 15) is 4.79 Å². The Morgan fingerprint density at radius 3 is 2.84 bits per heavy atom. The van der Waals surface area contributed by atoms with Crippen molar-refractivity contribution in [2.45, 2.75) is 44.2 Å². The van der Waals surface area contributed by atoms with Gasteiger partial charge in [0.15, 0.2) is 0 Å². The van der Waals surface area contributed by atoms with Gasteiger partial charge in [0.05, 0.1) is 10.4 Å². The maximum atomic E-state index is 13.1. The molecule has 4 unspecified atom stereocenters. The number of carbonyl (C=O) groups excluding carboxylic acids is 1. The molecule has 0 aromatic heterocycles. The quantitative estimate of drug-likeness (QED) is 0.816. The first-order chi connectivity index (χ1) is 12.0. The lowest BCUT2D eigenvalue weighted by Crippen LogP contribution is -2.66. The Morgan fingerprint density at radius 2 is 2.12 bits per heavy atom. The topological polar surface area (TPSA) is 50.4 Å². The van der Waals surface area contributed by atoms with Crippen LogP contribution < -0.4 is 15.4 Å². The minimum atomic E-state index is -0.333. The van der Waals surface area contributed by atoms with Crippen LogP contribution in [0.4, 0.5) is 0 Å². The van der Waals surface area contributed by atoms with E-state index in [1.54, 1.807) is 0 Å². The molecule has 4 saturated carbocycles. The second-order valence-electron chi connectivity index (χ2n) is 8.35. The molecule has 1 aromatic carbocycles. The Labute approximate surface area is 154 Å². The Hall–Kier alpha value is -1.10. The van der Waals surface area contributed by atoms with Crippen molar-refractivity contribution in [1.29, 1.82) is 0 Å². The molecular weight excluding hydrogens is 336 g/mol. The van der Waals surface area contributed by atoms with Gasteiger partial charge in [0.1, 0.15) is 18.1 Å². The first-order valence-corrected chi connectivity index (χ1v) is 9.66. The highest BCUT2D eigenvalue weighted by atomic mass is 35.5. The highest BCUT2D eigenvalue weighted by Gasteiger charge is 2.62. The maximum absolute atomic E-state index is 13.1. The zero-order valence-corrected chi connectivity index (χ0v) is 15.8. The van der Waals surface area contributed by atoms with Crippen LogP contribution in [0.25, 0.3) is 0 Å². The first-order valence-electron chi connectivity index (χ1n) is 9.28. The fourth-order valence-electron chi connectivity index (χ4n) is 5.73. The molecule has 4 aliphatic carbocycles. The van der Waals surface area contributed by atoms with Crippen molar-refractivity contribution >= 4 is 17.4 Å². The van der Waals surface area contributed by atoms with E-state index >= 15 is 0 Å². The summed E-state index contributed by atoms with van der Waals surface area (Å²) in [7, 11) is 3.96.